The van der Waals surface area contributed by atoms with E-state index in [0.29, 0.717) is 23.9 Å². The van der Waals surface area contributed by atoms with Gasteiger partial charge in [-0.25, -0.2) is 13.4 Å². The fraction of sp³-hybridized carbons (Fsp3) is 0.150. The van der Waals surface area contributed by atoms with E-state index >= 15 is 0 Å². The van der Waals surface area contributed by atoms with Gasteiger partial charge in [0.25, 0.3) is 10.0 Å². The minimum absolute atomic E-state index is 0.149. The normalized spacial score (nSPS) is 10.9. The predicted octanol–water partition coefficient (Wildman–Crippen LogP) is 4.03. The Bertz CT molecular complexity index is 1000. The lowest BCUT2D eigenvalue weighted by atomic mass is 10.3. The number of ether oxygens (including phenoxy) is 2. The van der Waals surface area contributed by atoms with E-state index in [2.05, 4.69) is 15.0 Å². The summed E-state index contributed by atoms with van der Waals surface area (Å²) in [5.74, 6) is 1.98. The number of benzene rings is 2. The van der Waals surface area contributed by atoms with Crippen molar-refractivity contribution in [1.82, 2.24) is 4.98 Å². The van der Waals surface area contributed by atoms with Crippen molar-refractivity contribution >= 4 is 27.2 Å². The number of anilines is 3. The largest absolute Gasteiger partial charge is 0.497 e. The molecule has 0 radical (unpaired) electrons. The number of sulfonamides is 1. The van der Waals surface area contributed by atoms with Crippen LogP contribution in [0.5, 0.6) is 11.5 Å². The number of pyridine rings is 1. The first-order chi connectivity index (χ1) is 13.5. The number of nitrogens with one attached hydrogen (secondary N) is 2. The van der Waals surface area contributed by atoms with Crippen LogP contribution in [-0.4, -0.2) is 27.1 Å². The van der Waals surface area contributed by atoms with E-state index in [-0.39, 0.29) is 4.90 Å². The van der Waals surface area contributed by atoms with E-state index in [0.717, 1.165) is 11.4 Å². The molecular weight excluding hydrogens is 378 g/mol. The summed E-state index contributed by atoms with van der Waals surface area (Å²) in [6, 6.07) is 17.0. The van der Waals surface area contributed by atoms with Crippen LogP contribution in [-0.2, 0) is 10.0 Å². The Labute approximate surface area is 164 Å². The zero-order valence-corrected chi connectivity index (χ0v) is 16.4. The summed E-state index contributed by atoms with van der Waals surface area (Å²) in [7, 11) is -2.10. The van der Waals surface area contributed by atoms with Gasteiger partial charge in [-0.05, 0) is 67.6 Å². The maximum atomic E-state index is 12.5. The maximum absolute atomic E-state index is 12.5. The highest BCUT2D eigenvalue weighted by molar-refractivity contribution is 7.92. The third-order valence-corrected chi connectivity index (χ3v) is 5.22. The van der Waals surface area contributed by atoms with Crippen LogP contribution in [0.1, 0.15) is 6.92 Å². The van der Waals surface area contributed by atoms with Crippen LogP contribution in [0.2, 0.25) is 0 Å². The first kappa shape index (κ1) is 19.5. The van der Waals surface area contributed by atoms with Crippen molar-refractivity contribution in [2.75, 3.05) is 23.8 Å². The standard InChI is InChI=1S/C20H21N3O4S/c1-3-27-18-9-11-19(12-10-18)28(24,25)23-16-6-13-20(21-14-16)22-15-4-7-17(26-2)8-5-15/h4-14,23H,3H2,1-2H3,(H,21,22). The van der Waals surface area contributed by atoms with Crippen LogP contribution in [0.4, 0.5) is 17.2 Å². The molecule has 0 unspecified atom stereocenters. The summed E-state index contributed by atoms with van der Waals surface area (Å²) >= 11 is 0. The number of hydrogen-bond donors (Lipinski definition) is 2. The minimum atomic E-state index is -3.70. The summed E-state index contributed by atoms with van der Waals surface area (Å²) in [4.78, 5) is 4.39. The topological polar surface area (TPSA) is 89.6 Å². The first-order valence-corrected chi connectivity index (χ1v) is 10.1. The Morgan fingerprint density at radius 2 is 1.54 bits per heavy atom. The Hall–Kier alpha value is -3.26. The molecule has 1 heterocycles. The minimum Gasteiger partial charge on any atom is -0.497 e. The molecule has 7 nitrogen and oxygen atoms in total. The van der Waals surface area contributed by atoms with Gasteiger partial charge in [-0.2, -0.15) is 0 Å². The molecule has 0 aliphatic carbocycles. The van der Waals surface area contributed by atoms with Gasteiger partial charge in [0.05, 0.1) is 30.5 Å². The lowest BCUT2D eigenvalue weighted by molar-refractivity contribution is 0.340. The molecule has 0 aliphatic rings. The molecule has 0 amide bonds. The van der Waals surface area contributed by atoms with Gasteiger partial charge in [-0.3, -0.25) is 4.72 Å². The number of nitrogens with zero attached hydrogens (tertiary/aromatic N) is 1. The lowest BCUT2D eigenvalue weighted by Gasteiger charge is -2.10. The summed E-state index contributed by atoms with van der Waals surface area (Å²) in [6.07, 6.45) is 1.46. The summed E-state index contributed by atoms with van der Waals surface area (Å²) in [6.45, 7) is 2.39. The average Bonchev–Trinajstić information content (AvgIpc) is 2.70. The molecule has 0 atom stereocenters. The van der Waals surface area contributed by atoms with Crippen molar-refractivity contribution in [3.8, 4) is 11.5 Å². The molecule has 0 spiro atoms. The molecule has 8 heteroatoms. The molecular formula is C20H21N3O4S. The third-order valence-electron chi connectivity index (χ3n) is 3.82. The maximum Gasteiger partial charge on any atom is 0.261 e. The van der Waals surface area contributed by atoms with Crippen molar-refractivity contribution in [1.29, 1.82) is 0 Å². The molecule has 0 saturated carbocycles. The molecule has 0 saturated heterocycles. The van der Waals surface area contributed by atoms with Gasteiger partial charge in [0.2, 0.25) is 0 Å². The van der Waals surface area contributed by atoms with E-state index in [1.807, 2.05) is 31.2 Å². The molecule has 0 bridgehead atoms. The fourth-order valence-electron chi connectivity index (χ4n) is 2.45. The molecule has 1 aromatic heterocycles. The summed E-state index contributed by atoms with van der Waals surface area (Å²) in [5, 5.41) is 3.14. The van der Waals surface area contributed by atoms with Crippen molar-refractivity contribution in [2.45, 2.75) is 11.8 Å². The zero-order valence-electron chi connectivity index (χ0n) is 15.5. The summed E-state index contributed by atoms with van der Waals surface area (Å²) in [5.41, 5.74) is 1.21. The van der Waals surface area contributed by atoms with Crippen molar-refractivity contribution in [3.05, 3.63) is 66.9 Å². The van der Waals surface area contributed by atoms with E-state index in [1.165, 1.54) is 18.3 Å². The number of hydrogen-bond acceptors (Lipinski definition) is 6. The molecule has 2 N–H and O–H groups in total. The van der Waals surface area contributed by atoms with Gasteiger partial charge in [0, 0.05) is 5.69 Å². The number of aromatic nitrogens is 1. The van der Waals surface area contributed by atoms with Crippen LogP contribution in [0.25, 0.3) is 0 Å². The molecule has 146 valence electrons. The van der Waals surface area contributed by atoms with E-state index in [1.54, 1.807) is 31.4 Å². The van der Waals surface area contributed by atoms with E-state index < -0.39 is 10.0 Å². The second-order valence-electron chi connectivity index (χ2n) is 5.80. The Morgan fingerprint density at radius 3 is 2.11 bits per heavy atom. The van der Waals surface area contributed by atoms with E-state index in [9.17, 15) is 8.42 Å². The highest BCUT2D eigenvalue weighted by Crippen LogP contribution is 2.22. The van der Waals surface area contributed by atoms with Crippen molar-refractivity contribution < 1.29 is 17.9 Å². The molecule has 28 heavy (non-hydrogen) atoms. The SMILES string of the molecule is CCOc1ccc(S(=O)(=O)Nc2ccc(Nc3ccc(OC)cc3)nc2)cc1. The number of rotatable bonds is 8. The molecule has 0 fully saturated rings. The number of methoxy groups -OCH3 is 1. The highest BCUT2D eigenvalue weighted by atomic mass is 32.2. The van der Waals surface area contributed by atoms with Crippen molar-refractivity contribution in [3.63, 3.8) is 0 Å². The van der Waals surface area contributed by atoms with Crippen LogP contribution in [0, 0.1) is 0 Å². The van der Waals surface area contributed by atoms with Crippen LogP contribution in [0.15, 0.2) is 71.8 Å². The van der Waals surface area contributed by atoms with Crippen LogP contribution >= 0.6 is 0 Å². The lowest BCUT2D eigenvalue weighted by Crippen LogP contribution is -2.13. The Kier molecular flexibility index (Phi) is 6.00. The smallest absolute Gasteiger partial charge is 0.261 e. The molecule has 0 aliphatic heterocycles. The zero-order chi connectivity index (χ0) is 20.0. The third kappa shape index (κ3) is 4.92. The van der Waals surface area contributed by atoms with Crippen LogP contribution < -0.4 is 19.5 Å². The van der Waals surface area contributed by atoms with Gasteiger partial charge in [-0.15, -0.1) is 0 Å². The summed E-state index contributed by atoms with van der Waals surface area (Å²) < 4.78 is 38.0. The molecule has 3 aromatic rings. The molecule has 3 rings (SSSR count). The second-order valence-corrected chi connectivity index (χ2v) is 7.48. The van der Waals surface area contributed by atoms with Gasteiger partial charge in [0.1, 0.15) is 17.3 Å². The predicted molar refractivity (Wildman–Crippen MR) is 109 cm³/mol. The Balaban J connectivity index is 1.67. The van der Waals surface area contributed by atoms with Crippen LogP contribution in [0.3, 0.4) is 0 Å². The van der Waals surface area contributed by atoms with Gasteiger partial charge in [-0.1, -0.05) is 0 Å². The second kappa shape index (κ2) is 8.62. The van der Waals surface area contributed by atoms with Crippen molar-refractivity contribution in [2.24, 2.45) is 0 Å². The fourth-order valence-corrected chi connectivity index (χ4v) is 3.49. The van der Waals surface area contributed by atoms with Gasteiger partial charge in [0.15, 0.2) is 0 Å². The molecule has 2 aromatic carbocycles. The average molecular weight is 399 g/mol. The van der Waals surface area contributed by atoms with Gasteiger partial charge >= 0.3 is 0 Å². The van der Waals surface area contributed by atoms with Gasteiger partial charge < -0.3 is 14.8 Å². The monoisotopic (exact) mass is 399 g/mol. The Morgan fingerprint density at radius 1 is 0.893 bits per heavy atom. The first-order valence-electron chi connectivity index (χ1n) is 8.63. The highest BCUT2D eigenvalue weighted by Gasteiger charge is 2.14. The quantitative estimate of drug-likeness (QED) is 0.594. The van der Waals surface area contributed by atoms with E-state index in [4.69, 9.17) is 9.47 Å².